The highest BCUT2D eigenvalue weighted by Gasteiger charge is 2.08. The van der Waals surface area contributed by atoms with Crippen molar-refractivity contribution in [3.8, 4) is 0 Å². The smallest absolute Gasteiger partial charge is 0.126 e. The van der Waals surface area contributed by atoms with Crippen LogP contribution in [0.25, 0.3) is 0 Å². The zero-order chi connectivity index (χ0) is 13.3. The Hall–Kier alpha value is -1.45. The standard InChI is InChI=1S/C12H6F4OP/c13-7-1-8(14)4-11(3-7)18(17)12-5-9(15)2-10(16)6-12/h1-6H/q-1. The molecule has 0 aromatic heterocycles. The second-order valence-electron chi connectivity index (χ2n) is 3.55. The molecule has 1 nitrogen and oxygen atoms in total. The topological polar surface area (TPSA) is 23.1 Å². The minimum Gasteiger partial charge on any atom is -0.822 e. The van der Waals surface area contributed by atoms with Crippen molar-refractivity contribution in [3.05, 3.63) is 59.7 Å². The van der Waals surface area contributed by atoms with E-state index in [0.29, 0.717) is 12.1 Å². The summed E-state index contributed by atoms with van der Waals surface area (Å²) in [4.78, 5) is 11.9. The van der Waals surface area contributed by atoms with Gasteiger partial charge >= 0.3 is 0 Å². The summed E-state index contributed by atoms with van der Waals surface area (Å²) in [5.41, 5.74) is 0. The van der Waals surface area contributed by atoms with Gasteiger partial charge in [-0.1, -0.05) is 0 Å². The maximum atomic E-state index is 12.9. The molecule has 0 bridgehead atoms. The van der Waals surface area contributed by atoms with Crippen LogP contribution in [0.1, 0.15) is 0 Å². The average Bonchev–Trinajstić information content (AvgIpc) is 2.25. The molecule has 0 N–H and O–H groups in total. The first kappa shape index (κ1) is 13.0. The lowest BCUT2D eigenvalue weighted by Crippen LogP contribution is -2.21. The van der Waals surface area contributed by atoms with Crippen LogP contribution >= 0.6 is 8.15 Å². The molecule has 2 rings (SSSR count). The molecule has 0 heterocycles. The first-order valence-electron chi connectivity index (χ1n) is 4.85. The van der Waals surface area contributed by atoms with Crippen LogP contribution in [-0.4, -0.2) is 0 Å². The zero-order valence-corrected chi connectivity index (χ0v) is 9.73. The maximum Gasteiger partial charge on any atom is 0.126 e. The molecule has 0 amide bonds. The molecule has 0 fully saturated rings. The quantitative estimate of drug-likeness (QED) is 0.606. The van der Waals surface area contributed by atoms with Gasteiger partial charge in [0.05, 0.1) is 0 Å². The Morgan fingerprint density at radius 2 is 0.889 bits per heavy atom. The van der Waals surface area contributed by atoms with Gasteiger partial charge in [-0.05, 0) is 34.9 Å². The van der Waals surface area contributed by atoms with Crippen molar-refractivity contribution < 1.29 is 22.5 Å². The van der Waals surface area contributed by atoms with Crippen LogP contribution in [0.4, 0.5) is 17.6 Å². The van der Waals surface area contributed by atoms with E-state index in [9.17, 15) is 22.5 Å². The molecule has 2 aromatic rings. The lowest BCUT2D eigenvalue weighted by atomic mass is 10.3. The minimum absolute atomic E-state index is 0.160. The van der Waals surface area contributed by atoms with E-state index >= 15 is 0 Å². The molecular formula is C12H6F4OP-. The normalized spacial score (nSPS) is 11.0. The van der Waals surface area contributed by atoms with Gasteiger partial charge in [0.25, 0.3) is 0 Å². The SMILES string of the molecule is [O-]P(c1cc(F)cc(F)c1)c1cc(F)cc(F)c1. The third kappa shape index (κ3) is 2.86. The second kappa shape index (κ2) is 5.04. The van der Waals surface area contributed by atoms with E-state index in [1.807, 2.05) is 0 Å². The van der Waals surface area contributed by atoms with Gasteiger partial charge in [-0.2, -0.15) is 0 Å². The van der Waals surface area contributed by atoms with Gasteiger partial charge < -0.3 is 4.89 Å². The van der Waals surface area contributed by atoms with Gasteiger partial charge in [-0.25, -0.2) is 17.6 Å². The van der Waals surface area contributed by atoms with E-state index in [2.05, 4.69) is 0 Å². The summed E-state index contributed by atoms with van der Waals surface area (Å²) in [6, 6.07) is 4.71. The number of hydrogen-bond donors (Lipinski definition) is 0. The molecule has 0 aliphatic carbocycles. The van der Waals surface area contributed by atoms with Gasteiger partial charge in [0.2, 0.25) is 0 Å². The van der Waals surface area contributed by atoms with Crippen LogP contribution < -0.4 is 15.5 Å². The van der Waals surface area contributed by atoms with Crippen LogP contribution in [0.5, 0.6) is 0 Å². The Labute approximate surface area is 102 Å². The lowest BCUT2D eigenvalue weighted by Gasteiger charge is -2.24. The summed E-state index contributed by atoms with van der Waals surface area (Å²) in [6.07, 6.45) is 0. The maximum absolute atomic E-state index is 12.9. The molecule has 0 aliphatic heterocycles. The van der Waals surface area contributed by atoms with Gasteiger partial charge in [0, 0.05) is 12.1 Å². The van der Waals surface area contributed by atoms with Gasteiger partial charge in [-0.3, -0.25) is 0 Å². The van der Waals surface area contributed by atoms with Gasteiger partial charge in [0.15, 0.2) is 0 Å². The number of halogens is 4. The van der Waals surface area contributed by atoms with Crippen LogP contribution in [0.15, 0.2) is 36.4 Å². The van der Waals surface area contributed by atoms with Crippen LogP contribution in [0, 0.1) is 23.3 Å². The van der Waals surface area contributed by atoms with E-state index in [1.165, 1.54) is 0 Å². The largest absolute Gasteiger partial charge is 0.822 e. The fraction of sp³-hybridized carbons (Fsp3) is 0. The number of hydrogen-bond acceptors (Lipinski definition) is 1. The van der Waals surface area contributed by atoms with Crippen molar-refractivity contribution in [2.24, 2.45) is 0 Å². The molecule has 18 heavy (non-hydrogen) atoms. The molecule has 0 radical (unpaired) electrons. The molecular weight excluding hydrogens is 267 g/mol. The van der Waals surface area contributed by atoms with Crippen molar-refractivity contribution in [1.29, 1.82) is 0 Å². The first-order valence-corrected chi connectivity index (χ1v) is 6.11. The molecule has 6 heteroatoms. The fourth-order valence-corrected chi connectivity index (χ4v) is 2.72. The highest BCUT2D eigenvalue weighted by atomic mass is 31.1. The van der Waals surface area contributed by atoms with Crippen molar-refractivity contribution in [2.75, 3.05) is 0 Å². The monoisotopic (exact) mass is 273 g/mol. The molecule has 0 aliphatic rings. The highest BCUT2D eigenvalue weighted by Crippen LogP contribution is 2.24. The molecule has 94 valence electrons. The summed E-state index contributed by atoms with van der Waals surface area (Å²) in [5, 5.41) is -0.319. The van der Waals surface area contributed by atoms with E-state index in [0.717, 1.165) is 24.3 Å². The van der Waals surface area contributed by atoms with E-state index < -0.39 is 31.4 Å². The van der Waals surface area contributed by atoms with Crippen molar-refractivity contribution in [2.45, 2.75) is 0 Å². The summed E-state index contributed by atoms with van der Waals surface area (Å²) in [7, 11) is -2.45. The number of benzene rings is 2. The third-order valence-electron chi connectivity index (χ3n) is 2.16. The van der Waals surface area contributed by atoms with E-state index in [1.54, 1.807) is 0 Å². The summed E-state index contributed by atoms with van der Waals surface area (Å²) >= 11 is 0. The number of rotatable bonds is 2. The molecule has 0 saturated heterocycles. The van der Waals surface area contributed by atoms with Crippen molar-refractivity contribution in [3.63, 3.8) is 0 Å². The van der Waals surface area contributed by atoms with E-state index in [-0.39, 0.29) is 10.6 Å². The summed E-state index contributed by atoms with van der Waals surface area (Å²) < 4.78 is 51.8. The second-order valence-corrected chi connectivity index (χ2v) is 5.17. The average molecular weight is 273 g/mol. The predicted molar refractivity (Wildman–Crippen MR) is 58.9 cm³/mol. The Bertz CT molecular complexity index is 496. The Kier molecular flexibility index (Phi) is 3.64. The molecule has 0 unspecified atom stereocenters. The predicted octanol–water partition coefficient (Wildman–Crippen LogP) is 1.95. The molecule has 0 saturated carbocycles. The summed E-state index contributed by atoms with van der Waals surface area (Å²) in [5.74, 6) is -3.59. The lowest BCUT2D eigenvalue weighted by molar-refractivity contribution is -0.153. The minimum atomic E-state index is -2.45. The molecule has 2 aromatic carbocycles. The third-order valence-corrected chi connectivity index (χ3v) is 3.62. The molecule has 0 spiro atoms. The summed E-state index contributed by atoms with van der Waals surface area (Å²) in [6.45, 7) is 0. The van der Waals surface area contributed by atoms with Crippen LogP contribution in [0.2, 0.25) is 0 Å². The highest BCUT2D eigenvalue weighted by molar-refractivity contribution is 7.66. The van der Waals surface area contributed by atoms with Crippen molar-refractivity contribution >= 4 is 18.8 Å². The zero-order valence-electron chi connectivity index (χ0n) is 8.83. The van der Waals surface area contributed by atoms with Crippen LogP contribution in [-0.2, 0) is 0 Å². The Morgan fingerprint density at radius 3 is 1.17 bits per heavy atom. The molecule has 0 atom stereocenters. The Morgan fingerprint density at radius 1 is 0.611 bits per heavy atom. The van der Waals surface area contributed by atoms with Crippen molar-refractivity contribution in [1.82, 2.24) is 0 Å². The first-order chi connectivity index (χ1) is 8.45. The Balaban J connectivity index is 2.43. The van der Waals surface area contributed by atoms with Gasteiger partial charge in [0.1, 0.15) is 23.3 Å². The fourth-order valence-electron chi connectivity index (χ4n) is 1.46. The van der Waals surface area contributed by atoms with Gasteiger partial charge in [-0.15, -0.1) is 8.15 Å². The van der Waals surface area contributed by atoms with Crippen LogP contribution in [0.3, 0.4) is 0 Å². The van der Waals surface area contributed by atoms with E-state index in [4.69, 9.17) is 0 Å².